The number of benzene rings is 1. The summed E-state index contributed by atoms with van der Waals surface area (Å²) >= 11 is 0. The number of hydrogen-bond donors (Lipinski definition) is 1. The average Bonchev–Trinajstić information content (AvgIpc) is 2.63. The van der Waals surface area contributed by atoms with E-state index in [1.807, 2.05) is 0 Å². The van der Waals surface area contributed by atoms with E-state index in [0.717, 1.165) is 5.56 Å². The first-order chi connectivity index (χ1) is 9.82. The van der Waals surface area contributed by atoms with Crippen LogP contribution in [0.4, 0.5) is 4.79 Å². The normalized spacial score (nSPS) is 18.8. The predicted molar refractivity (Wildman–Crippen MR) is 75.8 cm³/mol. The van der Waals surface area contributed by atoms with Crippen molar-refractivity contribution in [2.24, 2.45) is 0 Å². The van der Waals surface area contributed by atoms with Gasteiger partial charge in [-0.3, -0.25) is 9.69 Å². The minimum atomic E-state index is -0.992. The molecule has 2 rings (SSSR count). The molecule has 0 bridgehead atoms. The second-order valence-electron chi connectivity index (χ2n) is 5.39. The number of amides is 3. The molecule has 1 heterocycles. The number of carbonyl (C=O) groups is 3. The smallest absolute Gasteiger partial charge is 0.335 e. The summed E-state index contributed by atoms with van der Waals surface area (Å²) in [5.41, 5.74) is 0.984. The summed E-state index contributed by atoms with van der Waals surface area (Å²) in [6.07, 6.45) is 0. The molecule has 1 unspecified atom stereocenters. The fraction of sp³-hybridized carbons (Fsp3) is 0.400. The van der Waals surface area contributed by atoms with Crippen molar-refractivity contribution in [3.63, 3.8) is 0 Å². The zero-order chi connectivity index (χ0) is 15.7. The Hall–Kier alpha value is -2.37. The highest BCUT2D eigenvalue weighted by molar-refractivity contribution is 6.04. The molecule has 1 aromatic rings. The van der Waals surface area contributed by atoms with Crippen LogP contribution < -0.4 is 0 Å². The van der Waals surface area contributed by atoms with Crippen molar-refractivity contribution in [1.82, 2.24) is 9.80 Å². The zero-order valence-corrected chi connectivity index (χ0v) is 12.2. The molecule has 0 spiro atoms. The number of carbonyl (C=O) groups excluding carboxylic acids is 2. The molecule has 1 fully saturated rings. The van der Waals surface area contributed by atoms with Crippen LogP contribution in [0.25, 0.3) is 0 Å². The number of aromatic carboxylic acids is 1. The number of hydrogen-bond acceptors (Lipinski definition) is 3. The number of imide groups is 1. The van der Waals surface area contributed by atoms with E-state index in [9.17, 15) is 14.4 Å². The van der Waals surface area contributed by atoms with Crippen molar-refractivity contribution in [3.05, 3.63) is 35.4 Å². The van der Waals surface area contributed by atoms with Gasteiger partial charge in [0.05, 0.1) is 5.56 Å². The molecule has 0 saturated carbocycles. The molecule has 0 aliphatic carbocycles. The predicted octanol–water partition coefficient (Wildman–Crippen LogP) is 1.95. The van der Waals surface area contributed by atoms with Crippen LogP contribution in [0, 0.1) is 0 Å². The molecule has 1 saturated heterocycles. The topological polar surface area (TPSA) is 77.9 Å². The Labute approximate surface area is 123 Å². The van der Waals surface area contributed by atoms with Crippen LogP contribution in [0.1, 0.15) is 36.7 Å². The molecule has 21 heavy (non-hydrogen) atoms. The third-order valence-corrected chi connectivity index (χ3v) is 3.58. The van der Waals surface area contributed by atoms with Crippen LogP contribution in [0.5, 0.6) is 0 Å². The summed E-state index contributed by atoms with van der Waals surface area (Å²) in [5.74, 6) is -1.19. The molecule has 1 aliphatic rings. The highest BCUT2D eigenvalue weighted by atomic mass is 16.4. The largest absolute Gasteiger partial charge is 0.478 e. The monoisotopic (exact) mass is 290 g/mol. The van der Waals surface area contributed by atoms with Crippen molar-refractivity contribution in [2.75, 3.05) is 0 Å². The molecular formula is C15H18N2O4. The molecule has 0 aromatic heterocycles. The highest BCUT2D eigenvalue weighted by Crippen LogP contribution is 2.22. The fourth-order valence-electron chi connectivity index (χ4n) is 2.36. The van der Waals surface area contributed by atoms with Crippen molar-refractivity contribution >= 4 is 17.9 Å². The molecule has 0 radical (unpaired) electrons. The lowest BCUT2D eigenvalue weighted by Gasteiger charge is -2.20. The van der Waals surface area contributed by atoms with E-state index in [1.54, 1.807) is 32.9 Å². The molecule has 1 N–H and O–H groups in total. The maximum Gasteiger partial charge on any atom is 0.335 e. The Kier molecular flexibility index (Phi) is 3.97. The Morgan fingerprint density at radius 1 is 1.24 bits per heavy atom. The molecule has 1 aromatic carbocycles. The number of urea groups is 1. The fourth-order valence-corrected chi connectivity index (χ4v) is 2.36. The van der Waals surface area contributed by atoms with Crippen molar-refractivity contribution in [3.8, 4) is 0 Å². The Bertz CT molecular complexity index is 580. The van der Waals surface area contributed by atoms with Crippen LogP contribution in [0.2, 0.25) is 0 Å². The molecule has 112 valence electrons. The molecule has 1 atom stereocenters. The first-order valence-electron chi connectivity index (χ1n) is 6.79. The van der Waals surface area contributed by atoms with Crippen molar-refractivity contribution in [1.29, 1.82) is 0 Å². The van der Waals surface area contributed by atoms with Crippen LogP contribution in [0.15, 0.2) is 24.3 Å². The van der Waals surface area contributed by atoms with Gasteiger partial charge in [-0.2, -0.15) is 0 Å². The van der Waals surface area contributed by atoms with Gasteiger partial charge in [0.2, 0.25) is 0 Å². The maximum absolute atomic E-state index is 12.3. The first-order valence-corrected chi connectivity index (χ1v) is 6.79. The van der Waals surface area contributed by atoms with E-state index in [2.05, 4.69) is 0 Å². The zero-order valence-electron chi connectivity index (χ0n) is 12.2. The van der Waals surface area contributed by atoms with Gasteiger partial charge in [-0.05, 0) is 38.5 Å². The Balaban J connectivity index is 2.17. The van der Waals surface area contributed by atoms with E-state index in [1.165, 1.54) is 21.9 Å². The minimum Gasteiger partial charge on any atom is -0.478 e. The second-order valence-corrected chi connectivity index (χ2v) is 5.39. The van der Waals surface area contributed by atoms with E-state index in [-0.39, 0.29) is 30.1 Å². The van der Waals surface area contributed by atoms with E-state index in [4.69, 9.17) is 5.11 Å². The van der Waals surface area contributed by atoms with Gasteiger partial charge in [-0.25, -0.2) is 9.59 Å². The van der Waals surface area contributed by atoms with Gasteiger partial charge in [0, 0.05) is 12.6 Å². The average molecular weight is 290 g/mol. The summed E-state index contributed by atoms with van der Waals surface area (Å²) in [4.78, 5) is 37.9. The summed E-state index contributed by atoms with van der Waals surface area (Å²) in [5, 5.41) is 8.86. The van der Waals surface area contributed by atoms with E-state index >= 15 is 0 Å². The summed E-state index contributed by atoms with van der Waals surface area (Å²) in [6, 6.07) is 5.32. The van der Waals surface area contributed by atoms with Gasteiger partial charge in [0.25, 0.3) is 5.91 Å². The van der Waals surface area contributed by atoms with Crippen LogP contribution in [0.3, 0.4) is 0 Å². The Morgan fingerprint density at radius 3 is 2.24 bits per heavy atom. The van der Waals surface area contributed by atoms with Gasteiger partial charge in [-0.1, -0.05) is 12.1 Å². The summed E-state index contributed by atoms with van der Waals surface area (Å²) in [6.45, 7) is 5.59. The molecule has 6 nitrogen and oxygen atoms in total. The van der Waals surface area contributed by atoms with Gasteiger partial charge in [0.1, 0.15) is 6.04 Å². The van der Waals surface area contributed by atoms with E-state index < -0.39 is 12.0 Å². The number of carboxylic acid groups (broad SMARTS) is 1. The van der Waals surface area contributed by atoms with Crippen molar-refractivity contribution in [2.45, 2.75) is 39.4 Å². The number of rotatable bonds is 4. The second kappa shape index (κ2) is 5.55. The van der Waals surface area contributed by atoms with Crippen LogP contribution in [-0.2, 0) is 11.3 Å². The third-order valence-electron chi connectivity index (χ3n) is 3.58. The lowest BCUT2D eigenvalue weighted by atomic mass is 10.1. The van der Waals surface area contributed by atoms with Crippen LogP contribution >= 0.6 is 0 Å². The quantitative estimate of drug-likeness (QED) is 0.860. The van der Waals surface area contributed by atoms with Gasteiger partial charge in [-0.15, -0.1) is 0 Å². The van der Waals surface area contributed by atoms with Crippen LogP contribution in [-0.4, -0.2) is 44.9 Å². The molecule has 6 heteroatoms. The summed E-state index contributed by atoms with van der Waals surface area (Å²) in [7, 11) is 0. The highest BCUT2D eigenvalue weighted by Gasteiger charge is 2.43. The van der Waals surface area contributed by atoms with Gasteiger partial charge in [0.15, 0.2) is 0 Å². The van der Waals surface area contributed by atoms with E-state index in [0.29, 0.717) is 0 Å². The summed E-state index contributed by atoms with van der Waals surface area (Å²) < 4.78 is 0. The lowest BCUT2D eigenvalue weighted by Crippen LogP contribution is -2.37. The maximum atomic E-state index is 12.3. The minimum absolute atomic E-state index is 0.174. The SMILES string of the molecule is CC1C(=O)N(C(C)C)C(=O)N1Cc1ccc(C(=O)O)cc1. The molecule has 1 aliphatic heterocycles. The first kappa shape index (κ1) is 15.0. The number of nitrogens with zero attached hydrogens (tertiary/aromatic N) is 2. The standard InChI is InChI=1S/C15H18N2O4/c1-9(2)17-13(18)10(3)16(15(17)21)8-11-4-6-12(7-5-11)14(19)20/h4-7,9-10H,8H2,1-3H3,(H,19,20). The van der Waals surface area contributed by atoms with Crippen molar-refractivity contribution < 1.29 is 19.5 Å². The molecule has 3 amide bonds. The lowest BCUT2D eigenvalue weighted by molar-refractivity contribution is -0.129. The third kappa shape index (κ3) is 2.74. The van der Waals surface area contributed by atoms with Gasteiger partial charge >= 0.3 is 12.0 Å². The molecular weight excluding hydrogens is 272 g/mol. The number of carboxylic acids is 1. The van der Waals surface area contributed by atoms with Gasteiger partial charge < -0.3 is 10.0 Å². The Morgan fingerprint density at radius 2 is 1.81 bits per heavy atom.